The predicted molar refractivity (Wildman–Crippen MR) is 98.9 cm³/mol. The molecule has 136 valence electrons. The van der Waals surface area contributed by atoms with E-state index in [9.17, 15) is 14.0 Å². The van der Waals surface area contributed by atoms with Gasteiger partial charge in [0.05, 0.1) is 6.04 Å². The van der Waals surface area contributed by atoms with Gasteiger partial charge in [-0.05, 0) is 49.6 Å². The molecule has 5 heteroatoms. The van der Waals surface area contributed by atoms with Gasteiger partial charge in [0, 0.05) is 11.6 Å². The number of ether oxygens (including phenoxy) is 1. The van der Waals surface area contributed by atoms with E-state index in [1.54, 1.807) is 12.1 Å². The smallest absolute Gasteiger partial charge is 0.331 e. The fourth-order valence-corrected chi connectivity index (χ4v) is 2.35. The van der Waals surface area contributed by atoms with Crippen LogP contribution in [0.3, 0.4) is 0 Å². The summed E-state index contributed by atoms with van der Waals surface area (Å²) in [7, 11) is 0. The van der Waals surface area contributed by atoms with Crippen molar-refractivity contribution >= 4 is 18.0 Å². The SMILES string of the molecule is Cc1ccc([C@H](C)NC(=O)COC(=O)/C=C/c2ccccc2F)cc1C. The van der Waals surface area contributed by atoms with Crippen molar-refractivity contribution in [1.29, 1.82) is 0 Å². The fourth-order valence-electron chi connectivity index (χ4n) is 2.35. The predicted octanol–water partition coefficient (Wildman–Crippen LogP) is 3.88. The van der Waals surface area contributed by atoms with Gasteiger partial charge in [-0.25, -0.2) is 9.18 Å². The first-order chi connectivity index (χ1) is 12.4. The third kappa shape index (κ3) is 5.55. The summed E-state index contributed by atoms with van der Waals surface area (Å²) in [5.41, 5.74) is 3.58. The molecule has 1 N–H and O–H groups in total. The number of aryl methyl sites for hydroxylation is 2. The molecule has 0 aromatic heterocycles. The van der Waals surface area contributed by atoms with Crippen molar-refractivity contribution < 1.29 is 18.7 Å². The molecule has 2 aromatic carbocycles. The molecule has 2 aromatic rings. The van der Waals surface area contributed by atoms with Crippen molar-refractivity contribution in [3.63, 3.8) is 0 Å². The molecule has 0 bridgehead atoms. The zero-order chi connectivity index (χ0) is 19.1. The van der Waals surface area contributed by atoms with E-state index in [-0.39, 0.29) is 11.6 Å². The van der Waals surface area contributed by atoms with Crippen LogP contribution < -0.4 is 5.32 Å². The molecule has 2 rings (SSSR count). The second-order valence-corrected chi connectivity index (χ2v) is 6.10. The monoisotopic (exact) mass is 355 g/mol. The molecule has 1 amide bonds. The Labute approximate surface area is 152 Å². The quantitative estimate of drug-likeness (QED) is 0.632. The van der Waals surface area contributed by atoms with Crippen molar-refractivity contribution in [3.8, 4) is 0 Å². The van der Waals surface area contributed by atoms with Crippen LogP contribution in [0.1, 0.15) is 35.2 Å². The number of hydrogen-bond acceptors (Lipinski definition) is 3. The molecule has 4 nitrogen and oxygen atoms in total. The molecule has 0 unspecified atom stereocenters. The molecular formula is C21H22FNO3. The lowest BCUT2D eigenvalue weighted by molar-refractivity contribution is -0.144. The summed E-state index contributed by atoms with van der Waals surface area (Å²) in [6.45, 7) is 5.51. The number of rotatable bonds is 6. The van der Waals surface area contributed by atoms with Crippen LogP contribution in [0.4, 0.5) is 4.39 Å². The van der Waals surface area contributed by atoms with Gasteiger partial charge < -0.3 is 10.1 Å². The zero-order valence-electron chi connectivity index (χ0n) is 15.1. The lowest BCUT2D eigenvalue weighted by atomic mass is 10.0. The number of hydrogen-bond donors (Lipinski definition) is 1. The Morgan fingerprint density at radius 1 is 1.15 bits per heavy atom. The van der Waals surface area contributed by atoms with E-state index < -0.39 is 24.3 Å². The molecule has 0 saturated heterocycles. The second kappa shape index (κ2) is 8.94. The van der Waals surface area contributed by atoms with Crippen LogP contribution in [0.2, 0.25) is 0 Å². The molecule has 0 aliphatic carbocycles. The Morgan fingerprint density at radius 2 is 1.88 bits per heavy atom. The summed E-state index contributed by atoms with van der Waals surface area (Å²) < 4.78 is 18.3. The summed E-state index contributed by atoms with van der Waals surface area (Å²) in [6, 6.07) is 11.8. The van der Waals surface area contributed by atoms with Gasteiger partial charge in [-0.15, -0.1) is 0 Å². The van der Waals surface area contributed by atoms with Crippen molar-refractivity contribution in [2.75, 3.05) is 6.61 Å². The van der Waals surface area contributed by atoms with E-state index in [0.717, 1.165) is 17.2 Å². The van der Waals surface area contributed by atoms with Gasteiger partial charge in [0.2, 0.25) is 0 Å². The summed E-state index contributed by atoms with van der Waals surface area (Å²) in [5.74, 6) is -1.54. The molecule has 0 saturated carbocycles. The van der Waals surface area contributed by atoms with Crippen molar-refractivity contribution in [2.24, 2.45) is 0 Å². The van der Waals surface area contributed by atoms with Gasteiger partial charge in [-0.2, -0.15) is 0 Å². The fraction of sp³-hybridized carbons (Fsp3) is 0.238. The second-order valence-electron chi connectivity index (χ2n) is 6.10. The van der Waals surface area contributed by atoms with Crippen molar-refractivity contribution in [2.45, 2.75) is 26.8 Å². The van der Waals surface area contributed by atoms with Gasteiger partial charge in [-0.1, -0.05) is 36.4 Å². The highest BCUT2D eigenvalue weighted by Crippen LogP contribution is 2.16. The third-order valence-corrected chi connectivity index (χ3v) is 4.06. The number of nitrogens with one attached hydrogen (secondary N) is 1. The Balaban J connectivity index is 1.83. The average molecular weight is 355 g/mol. The summed E-state index contributed by atoms with van der Waals surface area (Å²) in [5, 5.41) is 2.78. The van der Waals surface area contributed by atoms with E-state index in [1.165, 1.54) is 23.8 Å². The van der Waals surface area contributed by atoms with Crippen LogP contribution in [0, 0.1) is 19.7 Å². The highest BCUT2D eigenvalue weighted by Gasteiger charge is 2.11. The molecule has 0 aliphatic rings. The van der Waals surface area contributed by atoms with E-state index in [2.05, 4.69) is 5.32 Å². The molecular weight excluding hydrogens is 333 g/mol. The van der Waals surface area contributed by atoms with Crippen LogP contribution in [-0.4, -0.2) is 18.5 Å². The maximum absolute atomic E-state index is 13.4. The van der Waals surface area contributed by atoms with E-state index >= 15 is 0 Å². The van der Waals surface area contributed by atoms with Gasteiger partial charge >= 0.3 is 5.97 Å². The molecule has 0 heterocycles. The number of carbonyl (C=O) groups excluding carboxylic acids is 2. The van der Waals surface area contributed by atoms with Gasteiger partial charge in [0.1, 0.15) is 5.82 Å². The third-order valence-electron chi connectivity index (χ3n) is 4.06. The Morgan fingerprint density at radius 3 is 2.58 bits per heavy atom. The number of amides is 1. The van der Waals surface area contributed by atoms with Crippen LogP contribution in [-0.2, 0) is 14.3 Å². The lowest BCUT2D eigenvalue weighted by Gasteiger charge is -2.15. The minimum absolute atomic E-state index is 0.200. The van der Waals surface area contributed by atoms with E-state index in [0.29, 0.717) is 0 Å². The highest BCUT2D eigenvalue weighted by atomic mass is 19.1. The lowest BCUT2D eigenvalue weighted by Crippen LogP contribution is -2.31. The molecule has 0 aliphatic heterocycles. The number of esters is 1. The topological polar surface area (TPSA) is 55.4 Å². The standard InChI is InChI=1S/C21H22FNO3/c1-14-8-9-18(12-15(14)2)16(3)23-20(24)13-26-21(25)11-10-17-6-4-5-7-19(17)22/h4-12,16H,13H2,1-3H3,(H,23,24)/b11-10+/t16-/m0/s1. The zero-order valence-corrected chi connectivity index (χ0v) is 15.1. The van der Waals surface area contributed by atoms with Gasteiger partial charge in [-0.3, -0.25) is 4.79 Å². The molecule has 0 spiro atoms. The minimum Gasteiger partial charge on any atom is -0.452 e. The maximum Gasteiger partial charge on any atom is 0.331 e. The normalized spacial score (nSPS) is 12.0. The summed E-state index contributed by atoms with van der Waals surface area (Å²) in [6.07, 6.45) is 2.41. The minimum atomic E-state index is -0.706. The highest BCUT2D eigenvalue weighted by molar-refractivity contribution is 5.89. The Kier molecular flexibility index (Phi) is 6.67. The van der Waals surface area contributed by atoms with Crippen LogP contribution >= 0.6 is 0 Å². The summed E-state index contributed by atoms with van der Waals surface area (Å²) in [4.78, 5) is 23.6. The van der Waals surface area contributed by atoms with E-state index in [4.69, 9.17) is 4.74 Å². The van der Waals surface area contributed by atoms with Crippen molar-refractivity contribution in [1.82, 2.24) is 5.32 Å². The van der Waals surface area contributed by atoms with Crippen molar-refractivity contribution in [3.05, 3.63) is 76.6 Å². The van der Waals surface area contributed by atoms with Crippen LogP contribution in [0.25, 0.3) is 6.08 Å². The molecule has 1 atom stereocenters. The molecule has 0 fully saturated rings. The average Bonchev–Trinajstić information content (AvgIpc) is 2.61. The van der Waals surface area contributed by atoms with Crippen LogP contribution in [0.5, 0.6) is 0 Å². The summed E-state index contributed by atoms with van der Waals surface area (Å²) >= 11 is 0. The Hall–Kier alpha value is -2.95. The molecule has 0 radical (unpaired) electrons. The van der Waals surface area contributed by atoms with Gasteiger partial charge in [0.25, 0.3) is 5.91 Å². The number of benzene rings is 2. The van der Waals surface area contributed by atoms with Crippen LogP contribution in [0.15, 0.2) is 48.5 Å². The van der Waals surface area contributed by atoms with E-state index in [1.807, 2.05) is 39.0 Å². The largest absolute Gasteiger partial charge is 0.452 e. The maximum atomic E-state index is 13.4. The Bertz CT molecular complexity index is 830. The number of halogens is 1. The first-order valence-electron chi connectivity index (χ1n) is 8.32. The van der Waals surface area contributed by atoms with Gasteiger partial charge in [0.15, 0.2) is 6.61 Å². The number of carbonyl (C=O) groups is 2. The first-order valence-corrected chi connectivity index (χ1v) is 8.32. The molecule has 26 heavy (non-hydrogen) atoms. The first kappa shape index (κ1) is 19.4.